The Labute approximate surface area is 199 Å². The molecule has 3 aromatic rings. The summed E-state index contributed by atoms with van der Waals surface area (Å²) in [6, 6.07) is 28.1. The lowest BCUT2D eigenvalue weighted by atomic mass is 10.1. The SMILES string of the molecule is CC(O)[C@@H]1OC(c2ccccc2)O[C@H]1COP(=O)(OCc1ccccc1)OCc1ccccc1. The van der Waals surface area contributed by atoms with Gasteiger partial charge in [0.2, 0.25) is 0 Å². The van der Waals surface area contributed by atoms with Gasteiger partial charge in [0.05, 0.1) is 25.9 Å². The van der Waals surface area contributed by atoms with Crippen LogP contribution in [0.5, 0.6) is 0 Å². The Balaban J connectivity index is 1.44. The molecule has 0 bridgehead atoms. The number of aliphatic hydroxyl groups excluding tert-OH is 1. The zero-order valence-electron chi connectivity index (χ0n) is 18.9. The van der Waals surface area contributed by atoms with Crippen molar-refractivity contribution in [3.8, 4) is 0 Å². The summed E-state index contributed by atoms with van der Waals surface area (Å²) in [4.78, 5) is 0. The summed E-state index contributed by atoms with van der Waals surface area (Å²) < 4.78 is 42.5. The predicted molar refractivity (Wildman–Crippen MR) is 127 cm³/mol. The van der Waals surface area contributed by atoms with Crippen LogP contribution in [-0.2, 0) is 40.8 Å². The molecule has 180 valence electrons. The summed E-state index contributed by atoms with van der Waals surface area (Å²) in [6.07, 6.45) is -2.82. The molecule has 0 aromatic heterocycles. The molecule has 34 heavy (non-hydrogen) atoms. The van der Waals surface area contributed by atoms with Gasteiger partial charge in [-0.3, -0.25) is 13.6 Å². The van der Waals surface area contributed by atoms with Crippen molar-refractivity contribution in [3.63, 3.8) is 0 Å². The summed E-state index contributed by atoms with van der Waals surface area (Å²) >= 11 is 0. The molecule has 0 amide bonds. The summed E-state index contributed by atoms with van der Waals surface area (Å²) in [6.45, 7) is 1.59. The van der Waals surface area contributed by atoms with E-state index in [1.165, 1.54) is 0 Å². The molecule has 4 atom stereocenters. The average Bonchev–Trinajstić information content (AvgIpc) is 3.32. The van der Waals surface area contributed by atoms with Crippen LogP contribution in [0.25, 0.3) is 0 Å². The molecule has 7 nitrogen and oxygen atoms in total. The smallest absolute Gasteiger partial charge is 0.391 e. The van der Waals surface area contributed by atoms with E-state index in [-0.39, 0.29) is 19.8 Å². The molecule has 3 aromatic carbocycles. The fourth-order valence-corrected chi connectivity index (χ4v) is 4.72. The lowest BCUT2D eigenvalue weighted by Crippen LogP contribution is -2.36. The molecule has 8 heteroatoms. The fourth-order valence-electron chi connectivity index (χ4n) is 3.56. The lowest BCUT2D eigenvalue weighted by Gasteiger charge is -2.22. The Bertz CT molecular complexity index is 999. The highest BCUT2D eigenvalue weighted by Crippen LogP contribution is 2.51. The van der Waals surface area contributed by atoms with Crippen molar-refractivity contribution in [2.24, 2.45) is 0 Å². The zero-order chi connectivity index (χ0) is 23.8. The fraction of sp³-hybridized carbons (Fsp3) is 0.308. The van der Waals surface area contributed by atoms with Crippen molar-refractivity contribution in [2.75, 3.05) is 6.61 Å². The van der Waals surface area contributed by atoms with Crippen molar-refractivity contribution >= 4 is 7.82 Å². The highest BCUT2D eigenvalue weighted by molar-refractivity contribution is 7.48. The summed E-state index contributed by atoms with van der Waals surface area (Å²) in [5.41, 5.74) is 2.49. The number of ether oxygens (including phenoxy) is 2. The molecule has 1 fully saturated rings. The summed E-state index contributed by atoms with van der Waals surface area (Å²) in [5, 5.41) is 10.2. The minimum Gasteiger partial charge on any atom is -0.391 e. The van der Waals surface area contributed by atoms with E-state index in [1.54, 1.807) is 6.92 Å². The summed E-state index contributed by atoms with van der Waals surface area (Å²) in [7, 11) is -3.97. The Morgan fingerprint density at radius 3 is 1.79 bits per heavy atom. The standard InChI is InChI=1S/C26H29O7P/c1-20(27)25-24(32-26(33-25)23-15-9-4-10-16-23)19-31-34(28,29-17-21-11-5-2-6-12-21)30-18-22-13-7-3-8-14-22/h2-16,20,24-27H,17-19H2,1H3/t20?,24-,25-,26?/m0/s1. The molecule has 0 saturated carbocycles. The van der Waals surface area contributed by atoms with Gasteiger partial charge in [0.1, 0.15) is 12.2 Å². The van der Waals surface area contributed by atoms with Crippen LogP contribution in [0.2, 0.25) is 0 Å². The number of hydrogen-bond acceptors (Lipinski definition) is 7. The second kappa shape index (κ2) is 11.9. The largest absolute Gasteiger partial charge is 0.475 e. The number of phosphoric ester groups is 1. The maximum atomic E-state index is 13.5. The van der Waals surface area contributed by atoms with Crippen molar-refractivity contribution in [2.45, 2.75) is 44.7 Å². The highest BCUT2D eigenvalue weighted by Gasteiger charge is 2.41. The van der Waals surface area contributed by atoms with Crippen LogP contribution < -0.4 is 0 Å². The first kappa shape index (κ1) is 24.8. The maximum absolute atomic E-state index is 13.5. The van der Waals surface area contributed by atoms with Crippen molar-refractivity contribution in [1.82, 2.24) is 0 Å². The van der Waals surface area contributed by atoms with Gasteiger partial charge >= 0.3 is 7.82 Å². The minimum absolute atomic E-state index is 0.0569. The molecule has 0 spiro atoms. The van der Waals surface area contributed by atoms with E-state index in [2.05, 4.69) is 0 Å². The van der Waals surface area contributed by atoms with Crippen molar-refractivity contribution < 1.29 is 32.7 Å². The van der Waals surface area contributed by atoms with Crippen LogP contribution in [0.1, 0.15) is 29.9 Å². The van der Waals surface area contributed by atoms with Crippen LogP contribution in [0.4, 0.5) is 0 Å². The van der Waals surface area contributed by atoms with Crippen LogP contribution in [-0.4, -0.2) is 30.0 Å². The lowest BCUT2D eigenvalue weighted by molar-refractivity contribution is -0.0844. The van der Waals surface area contributed by atoms with Gasteiger partial charge < -0.3 is 14.6 Å². The Morgan fingerprint density at radius 2 is 1.29 bits per heavy atom. The number of rotatable bonds is 11. The van der Waals surface area contributed by atoms with Gasteiger partial charge in [-0.15, -0.1) is 0 Å². The van der Waals surface area contributed by atoms with Gasteiger partial charge in [0.25, 0.3) is 0 Å². The van der Waals surface area contributed by atoms with E-state index >= 15 is 0 Å². The van der Waals surface area contributed by atoms with E-state index in [0.717, 1.165) is 16.7 Å². The number of benzene rings is 3. The second-order valence-electron chi connectivity index (χ2n) is 8.02. The van der Waals surface area contributed by atoms with E-state index in [4.69, 9.17) is 23.0 Å². The highest BCUT2D eigenvalue weighted by atomic mass is 31.2. The van der Waals surface area contributed by atoms with Gasteiger partial charge in [0.15, 0.2) is 6.29 Å². The van der Waals surface area contributed by atoms with Crippen LogP contribution >= 0.6 is 7.82 Å². The monoisotopic (exact) mass is 484 g/mol. The minimum atomic E-state index is -3.97. The normalized spacial score (nSPS) is 21.4. The van der Waals surface area contributed by atoms with Crippen LogP contribution in [0, 0.1) is 0 Å². The van der Waals surface area contributed by atoms with E-state index in [1.807, 2.05) is 91.0 Å². The van der Waals surface area contributed by atoms with Gasteiger partial charge in [-0.1, -0.05) is 91.0 Å². The quantitative estimate of drug-likeness (QED) is 0.365. The third-order valence-electron chi connectivity index (χ3n) is 5.35. The predicted octanol–water partition coefficient (Wildman–Crippen LogP) is 5.41. The van der Waals surface area contributed by atoms with E-state index < -0.39 is 32.4 Å². The first-order chi connectivity index (χ1) is 16.5. The Kier molecular flexibility index (Phi) is 8.64. The first-order valence-corrected chi connectivity index (χ1v) is 12.6. The van der Waals surface area contributed by atoms with E-state index in [0.29, 0.717) is 0 Å². The molecular weight excluding hydrogens is 455 g/mol. The van der Waals surface area contributed by atoms with E-state index in [9.17, 15) is 9.67 Å². The van der Waals surface area contributed by atoms with Crippen molar-refractivity contribution in [1.29, 1.82) is 0 Å². The number of aliphatic hydroxyl groups is 1. The zero-order valence-corrected chi connectivity index (χ0v) is 19.8. The topological polar surface area (TPSA) is 83.5 Å². The maximum Gasteiger partial charge on any atom is 0.475 e. The van der Waals surface area contributed by atoms with Crippen LogP contribution in [0.3, 0.4) is 0 Å². The van der Waals surface area contributed by atoms with Gasteiger partial charge in [-0.2, -0.15) is 0 Å². The van der Waals surface area contributed by atoms with Gasteiger partial charge in [0, 0.05) is 5.56 Å². The molecule has 1 aliphatic heterocycles. The molecule has 1 saturated heterocycles. The Morgan fingerprint density at radius 1 is 0.794 bits per heavy atom. The average molecular weight is 484 g/mol. The van der Waals surface area contributed by atoms with Crippen molar-refractivity contribution in [3.05, 3.63) is 108 Å². The molecule has 0 aliphatic carbocycles. The van der Waals surface area contributed by atoms with Crippen LogP contribution in [0.15, 0.2) is 91.0 Å². The third kappa shape index (κ3) is 6.84. The molecule has 1 N–H and O–H groups in total. The number of hydrogen-bond donors (Lipinski definition) is 1. The number of phosphoric acid groups is 1. The summed E-state index contributed by atoms with van der Waals surface area (Å²) in [5.74, 6) is 0. The van der Waals surface area contributed by atoms with Gasteiger partial charge in [-0.05, 0) is 18.1 Å². The Hall–Kier alpha value is -2.35. The molecule has 2 unspecified atom stereocenters. The molecule has 0 radical (unpaired) electrons. The molecule has 4 rings (SSSR count). The molecule has 1 aliphatic rings. The third-order valence-corrected chi connectivity index (χ3v) is 6.71. The molecular formula is C26H29O7P. The second-order valence-corrected chi connectivity index (χ2v) is 9.69. The molecule has 1 heterocycles. The van der Waals surface area contributed by atoms with Gasteiger partial charge in [-0.25, -0.2) is 4.57 Å². The first-order valence-electron chi connectivity index (χ1n) is 11.2.